The highest BCUT2D eigenvalue weighted by Gasteiger charge is 2.21. The lowest BCUT2D eigenvalue weighted by Gasteiger charge is -2.28. The van der Waals surface area contributed by atoms with Crippen molar-refractivity contribution in [2.45, 2.75) is 52.5 Å². The molecule has 1 aliphatic heterocycles. The van der Waals surface area contributed by atoms with Crippen LogP contribution in [0.15, 0.2) is 24.3 Å². The number of hydrogen-bond donors (Lipinski definition) is 2. The molecule has 1 saturated heterocycles. The first-order chi connectivity index (χ1) is 11.7. The van der Waals surface area contributed by atoms with E-state index < -0.39 is 0 Å². The molecule has 1 heterocycles. The van der Waals surface area contributed by atoms with Crippen molar-refractivity contribution in [3.05, 3.63) is 29.8 Å². The summed E-state index contributed by atoms with van der Waals surface area (Å²) in [6, 6.07) is 8.00. The van der Waals surface area contributed by atoms with E-state index in [1.807, 2.05) is 24.3 Å². The largest absolute Gasteiger partial charge is 0.494 e. The second kappa shape index (κ2) is 10.3. The van der Waals surface area contributed by atoms with Crippen molar-refractivity contribution in [1.82, 2.24) is 10.6 Å². The molecule has 24 heavy (non-hydrogen) atoms. The highest BCUT2D eigenvalue weighted by Crippen LogP contribution is 2.22. The van der Waals surface area contributed by atoms with Crippen molar-refractivity contribution in [2.75, 3.05) is 19.7 Å². The number of benzene rings is 1. The van der Waals surface area contributed by atoms with Crippen LogP contribution < -0.4 is 15.4 Å². The summed E-state index contributed by atoms with van der Waals surface area (Å²) in [5, 5.41) is 6.48. The van der Waals surface area contributed by atoms with Gasteiger partial charge in [-0.15, -0.1) is 0 Å². The van der Waals surface area contributed by atoms with Gasteiger partial charge in [0.25, 0.3) is 0 Å². The van der Waals surface area contributed by atoms with Gasteiger partial charge in [-0.25, -0.2) is 0 Å². The summed E-state index contributed by atoms with van der Waals surface area (Å²) in [6.07, 6.45) is 5.26. The third-order valence-electron chi connectivity index (χ3n) is 4.80. The van der Waals surface area contributed by atoms with Gasteiger partial charge in [0, 0.05) is 13.0 Å². The molecule has 1 aliphatic rings. The number of carbonyl (C=O) groups excluding carboxylic acids is 1. The Morgan fingerprint density at radius 3 is 3.08 bits per heavy atom. The molecule has 2 unspecified atom stereocenters. The van der Waals surface area contributed by atoms with Gasteiger partial charge in [0.15, 0.2) is 0 Å². The monoisotopic (exact) mass is 332 g/mol. The number of amides is 1. The smallest absolute Gasteiger partial charge is 0.220 e. The Hall–Kier alpha value is -1.55. The molecule has 0 saturated carbocycles. The van der Waals surface area contributed by atoms with Crippen molar-refractivity contribution >= 4 is 5.91 Å². The number of nitrogens with one attached hydrogen (secondary N) is 2. The first kappa shape index (κ1) is 18.8. The van der Waals surface area contributed by atoms with E-state index in [1.54, 1.807) is 0 Å². The molecular weight excluding hydrogens is 300 g/mol. The molecule has 1 aromatic carbocycles. The van der Waals surface area contributed by atoms with Gasteiger partial charge in [0.1, 0.15) is 5.75 Å². The molecule has 4 nitrogen and oxygen atoms in total. The van der Waals surface area contributed by atoms with Gasteiger partial charge in [-0.1, -0.05) is 32.4 Å². The number of piperidine rings is 1. The zero-order valence-corrected chi connectivity index (χ0v) is 15.1. The van der Waals surface area contributed by atoms with E-state index >= 15 is 0 Å². The number of rotatable bonds is 9. The Morgan fingerprint density at radius 1 is 1.46 bits per heavy atom. The second-order valence-corrected chi connectivity index (χ2v) is 6.91. The molecule has 1 amide bonds. The molecule has 0 spiro atoms. The predicted octanol–water partition coefficient (Wildman–Crippen LogP) is 3.51. The van der Waals surface area contributed by atoms with Crippen LogP contribution >= 0.6 is 0 Å². The lowest BCUT2D eigenvalue weighted by atomic mass is 9.85. The van der Waals surface area contributed by atoms with E-state index in [2.05, 4.69) is 24.5 Å². The molecule has 4 heteroatoms. The van der Waals surface area contributed by atoms with Gasteiger partial charge in [-0.2, -0.15) is 0 Å². The molecule has 1 fully saturated rings. The first-order valence-corrected chi connectivity index (χ1v) is 9.38. The molecule has 0 aromatic heterocycles. The summed E-state index contributed by atoms with van der Waals surface area (Å²) in [5.74, 6) is 2.09. The number of hydrogen-bond acceptors (Lipinski definition) is 3. The van der Waals surface area contributed by atoms with Gasteiger partial charge >= 0.3 is 0 Å². The van der Waals surface area contributed by atoms with E-state index in [0.717, 1.165) is 43.9 Å². The van der Waals surface area contributed by atoms with Crippen molar-refractivity contribution in [1.29, 1.82) is 0 Å². The standard InChI is InChI=1S/C20H32N2O2/c1-3-4-11-24-19-9-5-7-17(13-19)14-22-20(23)12-16(2)18-8-6-10-21-15-18/h5,7,9,13,16,18,21H,3-4,6,8,10-12,14-15H2,1-2H3,(H,22,23). The van der Waals surface area contributed by atoms with Crippen molar-refractivity contribution in [3.63, 3.8) is 0 Å². The zero-order valence-electron chi connectivity index (χ0n) is 15.1. The Labute approximate surface area is 146 Å². The van der Waals surface area contributed by atoms with Crippen LogP contribution in [0.4, 0.5) is 0 Å². The Kier molecular flexibility index (Phi) is 8.10. The van der Waals surface area contributed by atoms with Gasteiger partial charge < -0.3 is 15.4 Å². The summed E-state index contributed by atoms with van der Waals surface area (Å²) in [6.45, 7) is 7.83. The van der Waals surface area contributed by atoms with Crippen LogP contribution in [0.2, 0.25) is 0 Å². The fourth-order valence-corrected chi connectivity index (χ4v) is 3.18. The van der Waals surface area contributed by atoms with E-state index in [0.29, 0.717) is 24.8 Å². The van der Waals surface area contributed by atoms with Crippen LogP contribution in [0.1, 0.15) is 51.5 Å². The van der Waals surface area contributed by atoms with Crippen LogP contribution in [-0.2, 0) is 11.3 Å². The van der Waals surface area contributed by atoms with Crippen molar-refractivity contribution < 1.29 is 9.53 Å². The number of carbonyl (C=O) groups is 1. The van der Waals surface area contributed by atoms with Crippen molar-refractivity contribution in [2.24, 2.45) is 11.8 Å². The average molecular weight is 332 g/mol. The van der Waals surface area contributed by atoms with Gasteiger partial charge in [-0.3, -0.25) is 4.79 Å². The quantitative estimate of drug-likeness (QED) is 0.681. The van der Waals surface area contributed by atoms with Crippen LogP contribution in [0.25, 0.3) is 0 Å². The highest BCUT2D eigenvalue weighted by molar-refractivity contribution is 5.76. The van der Waals surface area contributed by atoms with E-state index in [1.165, 1.54) is 12.8 Å². The van der Waals surface area contributed by atoms with E-state index in [4.69, 9.17) is 4.74 Å². The number of ether oxygens (including phenoxy) is 1. The van der Waals surface area contributed by atoms with Crippen molar-refractivity contribution in [3.8, 4) is 5.75 Å². The number of unbranched alkanes of at least 4 members (excludes halogenated alkanes) is 1. The zero-order chi connectivity index (χ0) is 17.2. The summed E-state index contributed by atoms with van der Waals surface area (Å²) >= 11 is 0. The lowest BCUT2D eigenvalue weighted by Crippen LogP contribution is -2.35. The highest BCUT2D eigenvalue weighted by atomic mass is 16.5. The molecule has 2 atom stereocenters. The fraction of sp³-hybridized carbons (Fsp3) is 0.650. The average Bonchev–Trinajstić information content (AvgIpc) is 2.61. The maximum absolute atomic E-state index is 12.2. The third-order valence-corrected chi connectivity index (χ3v) is 4.80. The lowest BCUT2D eigenvalue weighted by molar-refractivity contribution is -0.122. The van der Waals surface area contributed by atoms with E-state index in [-0.39, 0.29) is 5.91 Å². The van der Waals surface area contributed by atoms with Gasteiger partial charge in [0.05, 0.1) is 6.61 Å². The van der Waals surface area contributed by atoms with Crippen LogP contribution in [0, 0.1) is 11.8 Å². The maximum Gasteiger partial charge on any atom is 0.220 e. The molecule has 134 valence electrons. The third kappa shape index (κ3) is 6.52. The van der Waals surface area contributed by atoms with Gasteiger partial charge in [0.2, 0.25) is 5.91 Å². The molecule has 2 rings (SSSR count). The predicted molar refractivity (Wildman–Crippen MR) is 98.1 cm³/mol. The normalized spacial score (nSPS) is 18.8. The molecule has 0 aliphatic carbocycles. The maximum atomic E-state index is 12.2. The SMILES string of the molecule is CCCCOc1cccc(CNC(=O)CC(C)C2CCCNC2)c1. The van der Waals surface area contributed by atoms with Gasteiger partial charge in [-0.05, 0) is 61.9 Å². The summed E-state index contributed by atoms with van der Waals surface area (Å²) in [4.78, 5) is 12.2. The first-order valence-electron chi connectivity index (χ1n) is 9.38. The second-order valence-electron chi connectivity index (χ2n) is 6.91. The van der Waals surface area contributed by atoms with Crippen LogP contribution in [-0.4, -0.2) is 25.6 Å². The molecule has 0 bridgehead atoms. The minimum atomic E-state index is 0.144. The molecule has 0 radical (unpaired) electrons. The van der Waals surface area contributed by atoms with E-state index in [9.17, 15) is 4.79 Å². The van der Waals surface area contributed by atoms with Crippen LogP contribution in [0.5, 0.6) is 5.75 Å². The topological polar surface area (TPSA) is 50.4 Å². The Morgan fingerprint density at radius 2 is 2.33 bits per heavy atom. The minimum absolute atomic E-state index is 0.144. The molecule has 2 N–H and O–H groups in total. The van der Waals surface area contributed by atoms with Crippen LogP contribution in [0.3, 0.4) is 0 Å². The Balaban J connectivity index is 1.73. The summed E-state index contributed by atoms with van der Waals surface area (Å²) in [5.41, 5.74) is 1.09. The molecular formula is C20H32N2O2. The fourth-order valence-electron chi connectivity index (χ4n) is 3.18. The summed E-state index contributed by atoms with van der Waals surface area (Å²) in [7, 11) is 0. The minimum Gasteiger partial charge on any atom is -0.494 e. The Bertz CT molecular complexity index is 498. The molecule has 1 aromatic rings. The summed E-state index contributed by atoms with van der Waals surface area (Å²) < 4.78 is 5.72.